The zero-order valence-electron chi connectivity index (χ0n) is 56.1. The van der Waals surface area contributed by atoms with E-state index in [2.05, 4.69) is 189 Å². The van der Waals surface area contributed by atoms with Crippen molar-refractivity contribution in [1.29, 1.82) is 0 Å². The van der Waals surface area contributed by atoms with Crippen LogP contribution in [0.4, 0.5) is 0 Å². The van der Waals surface area contributed by atoms with Crippen LogP contribution in [0.3, 0.4) is 0 Å². The van der Waals surface area contributed by atoms with Gasteiger partial charge >= 0.3 is 0 Å². The predicted octanol–water partition coefficient (Wildman–Crippen LogP) is 19.9. The third-order valence-corrected chi connectivity index (χ3v) is 15.4. The van der Waals surface area contributed by atoms with Gasteiger partial charge in [0.1, 0.15) is 24.4 Å². The first-order valence-electron chi connectivity index (χ1n) is 35.5. The maximum absolute atomic E-state index is 13.1. The van der Waals surface area contributed by atoms with Crippen molar-refractivity contribution in [1.82, 2.24) is 5.32 Å². The molecular formula is C80H129NO8. The monoisotopic (exact) mass is 1230 g/mol. The molecule has 1 aliphatic heterocycles. The van der Waals surface area contributed by atoms with Gasteiger partial charge in [-0.2, -0.15) is 0 Å². The Morgan fingerprint density at radius 2 is 0.708 bits per heavy atom. The smallest absolute Gasteiger partial charge is 0.220 e. The zero-order chi connectivity index (χ0) is 64.2. The molecule has 7 atom stereocenters. The van der Waals surface area contributed by atoms with E-state index in [0.29, 0.717) is 19.3 Å². The largest absolute Gasteiger partial charge is 0.394 e. The SMILES string of the molecule is CC/C=C\C/C=C\C/C=C\C/C=C\C/C=C\C/C=C\C/C=C\C/C=C\C/C=C\C/C=C\C/C=C\C/C=C\CCCCCCC(=O)NC(COC1OC(CO)C(O)C(O)C1O)C(O)/C=C/CC/C=C/CC/C=C/CCCCCCCCCCCCCCCCC. The summed E-state index contributed by atoms with van der Waals surface area (Å²) in [7, 11) is 0. The number of rotatable bonds is 59. The molecule has 9 nitrogen and oxygen atoms in total. The lowest BCUT2D eigenvalue weighted by atomic mass is 9.99. The molecular weight excluding hydrogens is 1100 g/mol. The lowest BCUT2D eigenvalue weighted by Crippen LogP contribution is -2.60. The summed E-state index contributed by atoms with van der Waals surface area (Å²) < 4.78 is 11.3. The molecule has 502 valence electrons. The van der Waals surface area contributed by atoms with Crippen LogP contribution in [0.15, 0.2) is 182 Å². The first-order valence-corrected chi connectivity index (χ1v) is 35.5. The van der Waals surface area contributed by atoms with Crippen LogP contribution in [-0.4, -0.2) is 87.5 Å². The number of hydrogen-bond donors (Lipinski definition) is 6. The summed E-state index contributed by atoms with van der Waals surface area (Å²) in [5.41, 5.74) is 0. The summed E-state index contributed by atoms with van der Waals surface area (Å²) in [6.07, 6.45) is 99.9. The number of ether oxygens (including phenoxy) is 2. The lowest BCUT2D eigenvalue weighted by Gasteiger charge is -2.40. The van der Waals surface area contributed by atoms with Gasteiger partial charge in [-0.05, 0) is 135 Å². The van der Waals surface area contributed by atoms with E-state index in [0.717, 1.165) is 128 Å². The summed E-state index contributed by atoms with van der Waals surface area (Å²) in [5.74, 6) is -0.221. The average Bonchev–Trinajstić information content (AvgIpc) is 2.59. The third kappa shape index (κ3) is 54.7. The van der Waals surface area contributed by atoms with Gasteiger partial charge in [0.25, 0.3) is 0 Å². The van der Waals surface area contributed by atoms with E-state index in [-0.39, 0.29) is 12.5 Å². The van der Waals surface area contributed by atoms with E-state index < -0.39 is 49.5 Å². The minimum atomic E-state index is -1.59. The first-order chi connectivity index (χ1) is 43.8. The van der Waals surface area contributed by atoms with Gasteiger partial charge in [0.2, 0.25) is 5.91 Å². The number of amides is 1. The molecule has 1 heterocycles. The molecule has 0 spiro atoms. The highest BCUT2D eigenvalue weighted by atomic mass is 16.7. The number of nitrogens with one attached hydrogen (secondary N) is 1. The van der Waals surface area contributed by atoms with Gasteiger partial charge < -0.3 is 40.3 Å². The third-order valence-electron chi connectivity index (χ3n) is 15.4. The maximum atomic E-state index is 13.1. The molecule has 0 aromatic rings. The Morgan fingerprint density at radius 3 is 1.08 bits per heavy atom. The highest BCUT2D eigenvalue weighted by Gasteiger charge is 2.44. The van der Waals surface area contributed by atoms with E-state index in [9.17, 15) is 30.3 Å². The summed E-state index contributed by atoms with van der Waals surface area (Å²) >= 11 is 0. The molecule has 7 unspecified atom stereocenters. The van der Waals surface area contributed by atoms with Crippen LogP contribution >= 0.6 is 0 Å². The van der Waals surface area contributed by atoms with E-state index in [1.165, 1.54) is 96.3 Å². The van der Waals surface area contributed by atoms with Crippen molar-refractivity contribution in [3.8, 4) is 0 Å². The Kier molecular flexibility index (Phi) is 61.2. The molecule has 1 fully saturated rings. The Labute approximate surface area is 544 Å². The van der Waals surface area contributed by atoms with Crippen LogP contribution in [0.5, 0.6) is 0 Å². The second-order valence-electron chi connectivity index (χ2n) is 23.6. The molecule has 1 saturated heterocycles. The van der Waals surface area contributed by atoms with Gasteiger partial charge in [-0.25, -0.2) is 0 Å². The topological polar surface area (TPSA) is 149 Å². The number of aliphatic hydroxyl groups is 5. The Hall–Kier alpha value is -4.71. The van der Waals surface area contributed by atoms with E-state index in [1.54, 1.807) is 6.08 Å². The maximum Gasteiger partial charge on any atom is 0.220 e. The van der Waals surface area contributed by atoms with Crippen molar-refractivity contribution in [2.45, 2.75) is 301 Å². The van der Waals surface area contributed by atoms with Gasteiger partial charge in [0, 0.05) is 6.42 Å². The van der Waals surface area contributed by atoms with Gasteiger partial charge in [0.15, 0.2) is 6.29 Å². The highest BCUT2D eigenvalue weighted by molar-refractivity contribution is 5.76. The van der Waals surface area contributed by atoms with Crippen molar-refractivity contribution in [2.75, 3.05) is 13.2 Å². The number of allylic oxidation sites excluding steroid dienone is 29. The van der Waals surface area contributed by atoms with Crippen molar-refractivity contribution < 1.29 is 39.8 Å². The first kappa shape index (κ1) is 82.3. The van der Waals surface area contributed by atoms with Crippen molar-refractivity contribution >= 4 is 5.91 Å². The fourth-order valence-electron chi connectivity index (χ4n) is 9.93. The predicted molar refractivity (Wildman–Crippen MR) is 382 cm³/mol. The molecule has 0 radical (unpaired) electrons. The summed E-state index contributed by atoms with van der Waals surface area (Å²) in [5, 5.41) is 54.7. The summed E-state index contributed by atoms with van der Waals surface area (Å²) in [4.78, 5) is 13.1. The molecule has 1 aliphatic rings. The average molecular weight is 1230 g/mol. The molecule has 89 heavy (non-hydrogen) atoms. The number of carbonyl (C=O) groups excluding carboxylic acids is 1. The molecule has 0 aromatic heterocycles. The molecule has 0 saturated carbocycles. The van der Waals surface area contributed by atoms with Gasteiger partial charge in [-0.1, -0.05) is 299 Å². The highest BCUT2D eigenvalue weighted by Crippen LogP contribution is 2.23. The van der Waals surface area contributed by atoms with Crippen molar-refractivity contribution in [3.63, 3.8) is 0 Å². The molecule has 0 bridgehead atoms. The molecule has 1 amide bonds. The lowest BCUT2D eigenvalue weighted by molar-refractivity contribution is -0.302. The summed E-state index contributed by atoms with van der Waals surface area (Å²) in [6.45, 7) is 3.63. The standard InChI is InChI=1S/C80H129NO8/c1-3-5-7-9-11-13-15-17-19-21-23-25-27-29-30-31-32-33-34-35-36-37-38-39-40-41-42-43-44-46-48-50-52-54-56-58-60-62-64-66-68-70-76(84)81-73(72-88-80-79(87)78(86)77(85)75(71-82)89-80)74(83)69-67-65-63-61-59-57-55-53-51-49-47-45-28-26-24-22-20-18-16-14-12-10-8-6-4-2/h5,7,11,13,17,19,23,25,29-30,32-33,35-36,38-39,41-42,44,46,50-53,56,58-59,61,67,69,73-75,77-80,82-83,85-87H,3-4,6,8-10,12,14-16,18,20-22,24,26-28,31,34,37,40,43,45,47-49,54-55,57,60,62-66,68,70-72H2,1-2H3,(H,81,84)/b7-5-,13-11-,19-17-,25-23-,30-29-,33-32-,36-35-,39-38-,42-41-,46-44-,52-50-,53-51+,58-56-,61-59+,69-67+. The minimum absolute atomic E-state index is 0.221. The van der Waals surface area contributed by atoms with Crippen molar-refractivity contribution in [3.05, 3.63) is 182 Å². The second kappa shape index (κ2) is 66.2. The fraction of sp³-hybridized carbons (Fsp3) is 0.613. The van der Waals surface area contributed by atoms with Crippen LogP contribution in [0, 0.1) is 0 Å². The van der Waals surface area contributed by atoms with Crippen LogP contribution < -0.4 is 5.32 Å². The zero-order valence-corrected chi connectivity index (χ0v) is 56.1. The molecule has 9 heteroatoms. The molecule has 6 N–H and O–H groups in total. The fourth-order valence-corrected chi connectivity index (χ4v) is 9.93. The van der Waals surface area contributed by atoms with E-state index >= 15 is 0 Å². The normalized spacial score (nSPS) is 19.0. The van der Waals surface area contributed by atoms with Crippen LogP contribution in [-0.2, 0) is 14.3 Å². The number of carbonyl (C=O) groups is 1. The Morgan fingerprint density at radius 1 is 0.393 bits per heavy atom. The molecule has 0 aromatic carbocycles. The quantitative estimate of drug-likeness (QED) is 0.0261. The second-order valence-corrected chi connectivity index (χ2v) is 23.6. The molecule has 1 rings (SSSR count). The van der Waals surface area contributed by atoms with Gasteiger partial charge in [0.05, 0.1) is 25.4 Å². The van der Waals surface area contributed by atoms with E-state index in [4.69, 9.17) is 9.47 Å². The van der Waals surface area contributed by atoms with Crippen LogP contribution in [0.2, 0.25) is 0 Å². The Balaban J connectivity index is 2.22. The van der Waals surface area contributed by atoms with Crippen LogP contribution in [0.1, 0.15) is 258 Å². The van der Waals surface area contributed by atoms with Gasteiger partial charge in [-0.3, -0.25) is 4.79 Å². The molecule has 0 aliphatic carbocycles. The van der Waals surface area contributed by atoms with Crippen molar-refractivity contribution in [2.24, 2.45) is 0 Å². The van der Waals surface area contributed by atoms with Crippen LogP contribution in [0.25, 0.3) is 0 Å². The number of aliphatic hydroxyl groups excluding tert-OH is 5. The van der Waals surface area contributed by atoms with E-state index in [1.807, 2.05) is 6.08 Å². The van der Waals surface area contributed by atoms with Gasteiger partial charge in [-0.15, -0.1) is 0 Å². The Bertz CT molecular complexity index is 2060. The number of unbranched alkanes of at least 4 members (excludes halogenated alkanes) is 21. The summed E-state index contributed by atoms with van der Waals surface area (Å²) in [6, 6.07) is -0.858. The number of hydrogen-bond acceptors (Lipinski definition) is 8. The minimum Gasteiger partial charge on any atom is -0.394 e.